The molecular weight excluding hydrogens is 528 g/mol. The maximum absolute atomic E-state index is 13.1. The van der Waals surface area contributed by atoms with Gasteiger partial charge in [0.1, 0.15) is 17.6 Å². The molecule has 0 radical (unpaired) electrons. The Kier molecular flexibility index (Phi) is 9.73. The predicted octanol–water partition coefficient (Wildman–Crippen LogP) is 3.66. The summed E-state index contributed by atoms with van der Waals surface area (Å²) in [5.74, 6) is 0.944. The molecule has 0 fully saturated rings. The van der Waals surface area contributed by atoms with Crippen molar-refractivity contribution in [3.63, 3.8) is 0 Å². The number of ether oxygens (including phenoxy) is 1. The topological polar surface area (TPSA) is 152 Å². The van der Waals surface area contributed by atoms with Gasteiger partial charge in [0.15, 0.2) is 0 Å². The summed E-state index contributed by atoms with van der Waals surface area (Å²) in [6, 6.07) is 13.8. The minimum absolute atomic E-state index is 0.0915. The Morgan fingerprint density at radius 2 is 1.85 bits per heavy atom. The molecule has 0 saturated carbocycles. The summed E-state index contributed by atoms with van der Waals surface area (Å²) in [5.41, 5.74) is 3.11. The number of nitrogens with two attached hydrogens (primary N) is 1. The summed E-state index contributed by atoms with van der Waals surface area (Å²) in [5, 5.41) is 17.5. The Hall–Kier alpha value is -3.72. The number of carbonyl (C=O) groups excluding carboxylic acids is 1. The van der Waals surface area contributed by atoms with Gasteiger partial charge in [-0.05, 0) is 51.0 Å². The fourth-order valence-corrected chi connectivity index (χ4v) is 4.70. The number of amides is 1. The third kappa shape index (κ3) is 8.39. The van der Waals surface area contributed by atoms with Crippen LogP contribution in [0, 0.1) is 11.3 Å². The molecule has 214 valence electrons. The van der Waals surface area contributed by atoms with Crippen molar-refractivity contribution in [3.05, 3.63) is 71.2 Å². The average molecular weight is 567 g/mol. The van der Waals surface area contributed by atoms with Crippen molar-refractivity contribution in [2.45, 2.75) is 72.1 Å². The molecule has 1 atom stereocenters. The van der Waals surface area contributed by atoms with Crippen LogP contribution in [0.15, 0.2) is 48.7 Å². The zero-order chi connectivity index (χ0) is 29.7. The number of aryl methyl sites for hydroxylation is 1. The van der Waals surface area contributed by atoms with Crippen LogP contribution < -0.4 is 19.9 Å². The van der Waals surface area contributed by atoms with Crippen molar-refractivity contribution in [1.29, 1.82) is 5.26 Å². The second-order valence-corrected chi connectivity index (χ2v) is 12.3. The third-order valence-electron chi connectivity index (χ3n) is 6.11. The van der Waals surface area contributed by atoms with Gasteiger partial charge in [0, 0.05) is 41.9 Å². The van der Waals surface area contributed by atoms with Crippen LogP contribution >= 0.6 is 0 Å². The highest BCUT2D eigenvalue weighted by Crippen LogP contribution is 2.27. The van der Waals surface area contributed by atoms with Gasteiger partial charge in [-0.25, -0.2) is 14.8 Å². The van der Waals surface area contributed by atoms with Gasteiger partial charge >= 0.3 is 0 Å². The van der Waals surface area contributed by atoms with Gasteiger partial charge in [-0.15, -0.1) is 0 Å². The van der Waals surface area contributed by atoms with Gasteiger partial charge < -0.3 is 14.6 Å². The summed E-state index contributed by atoms with van der Waals surface area (Å²) < 4.78 is 33.2. The Labute approximate surface area is 236 Å². The first-order valence-corrected chi connectivity index (χ1v) is 14.7. The van der Waals surface area contributed by atoms with E-state index in [4.69, 9.17) is 14.9 Å². The van der Waals surface area contributed by atoms with Crippen molar-refractivity contribution in [2.75, 3.05) is 6.54 Å². The second kappa shape index (κ2) is 12.6. The molecule has 1 aromatic heterocycles. The fraction of sp³-hybridized carbons (Fsp3) is 0.414. The Balaban J connectivity index is 1.80. The molecule has 0 aliphatic carbocycles. The Morgan fingerprint density at radius 1 is 1.18 bits per heavy atom. The van der Waals surface area contributed by atoms with Crippen LogP contribution in [0.25, 0.3) is 11.3 Å². The lowest BCUT2D eigenvalue weighted by Gasteiger charge is -2.20. The number of aromatic nitrogens is 2. The van der Waals surface area contributed by atoms with Crippen LogP contribution in [0.1, 0.15) is 68.9 Å². The smallest absolute Gasteiger partial charge is 0.274 e. The molecule has 3 rings (SSSR count). The van der Waals surface area contributed by atoms with Crippen LogP contribution in [0.4, 0.5) is 0 Å². The zero-order valence-electron chi connectivity index (χ0n) is 23.9. The summed E-state index contributed by atoms with van der Waals surface area (Å²) >= 11 is 0. The Morgan fingerprint density at radius 3 is 2.38 bits per heavy atom. The highest BCUT2D eigenvalue weighted by atomic mass is 32.2. The van der Waals surface area contributed by atoms with Crippen LogP contribution in [-0.4, -0.2) is 42.6 Å². The molecule has 4 N–H and O–H groups in total. The van der Waals surface area contributed by atoms with E-state index in [-0.39, 0.29) is 29.2 Å². The van der Waals surface area contributed by atoms with Crippen LogP contribution in [-0.2, 0) is 28.6 Å². The van der Waals surface area contributed by atoms with Crippen molar-refractivity contribution in [3.8, 4) is 23.1 Å². The molecule has 0 unspecified atom stereocenters. The van der Waals surface area contributed by atoms with E-state index in [0.717, 1.165) is 29.2 Å². The number of nitrogens with zero attached hydrogens (tertiary/aromatic N) is 3. The van der Waals surface area contributed by atoms with Gasteiger partial charge in [-0.1, -0.05) is 45.0 Å². The molecule has 10 nitrogen and oxygen atoms in total. The van der Waals surface area contributed by atoms with E-state index in [9.17, 15) is 18.5 Å². The molecule has 1 heterocycles. The van der Waals surface area contributed by atoms with E-state index in [1.807, 2.05) is 44.3 Å². The largest absolute Gasteiger partial charge is 0.490 e. The van der Waals surface area contributed by atoms with Crippen molar-refractivity contribution < 1.29 is 17.9 Å². The lowest BCUT2D eigenvalue weighted by Crippen LogP contribution is -2.46. The molecule has 2 aromatic carbocycles. The number of nitrogens with one attached hydrogen (secondary N) is 2. The van der Waals surface area contributed by atoms with Crippen molar-refractivity contribution in [1.82, 2.24) is 19.6 Å². The molecule has 1 amide bonds. The van der Waals surface area contributed by atoms with E-state index < -0.39 is 22.2 Å². The molecule has 0 spiro atoms. The molecular formula is C29H38N6O4S. The number of nitriles is 1. The van der Waals surface area contributed by atoms with Crippen molar-refractivity contribution in [2.24, 2.45) is 5.14 Å². The van der Waals surface area contributed by atoms with Crippen LogP contribution in [0.5, 0.6) is 5.75 Å². The van der Waals surface area contributed by atoms with E-state index in [2.05, 4.69) is 48.4 Å². The summed E-state index contributed by atoms with van der Waals surface area (Å²) in [6.07, 6.45) is 2.25. The molecule has 0 aliphatic rings. The maximum atomic E-state index is 13.1. The van der Waals surface area contributed by atoms with Gasteiger partial charge in [0.2, 0.25) is 0 Å². The van der Waals surface area contributed by atoms with Crippen molar-refractivity contribution >= 4 is 16.1 Å². The number of benzene rings is 2. The molecule has 0 saturated heterocycles. The standard InChI is InChI=1S/C29H38N6O4S/c1-7-35-18-25(34-28(35)29(4,5)6)21-10-8-20(9-11-21)14-24(17-32-40(31,37)38)33-27(36)22-12-13-26(39-19(2)3)23(15-22)16-30/h8-13,15,18-19,24,32H,7,14,17H2,1-6H3,(H,33,36)(H2,31,37,38)/t24-/m0/s1. The summed E-state index contributed by atoms with van der Waals surface area (Å²) in [7, 11) is -3.97. The monoisotopic (exact) mass is 566 g/mol. The van der Waals surface area contributed by atoms with Gasteiger partial charge in [-0.2, -0.15) is 13.7 Å². The van der Waals surface area contributed by atoms with E-state index in [1.54, 1.807) is 12.1 Å². The molecule has 0 aliphatic heterocycles. The van der Waals surface area contributed by atoms with E-state index >= 15 is 0 Å². The first-order valence-electron chi connectivity index (χ1n) is 13.2. The number of carbonyl (C=O) groups is 1. The third-order valence-corrected chi connectivity index (χ3v) is 6.68. The highest BCUT2D eigenvalue weighted by Gasteiger charge is 2.22. The second-order valence-electron chi connectivity index (χ2n) is 10.9. The summed E-state index contributed by atoms with van der Waals surface area (Å²) in [4.78, 5) is 17.9. The quantitative estimate of drug-likeness (QED) is 0.322. The predicted molar refractivity (Wildman–Crippen MR) is 155 cm³/mol. The zero-order valence-corrected chi connectivity index (χ0v) is 24.7. The lowest BCUT2D eigenvalue weighted by atomic mass is 9.95. The minimum Gasteiger partial charge on any atom is -0.490 e. The highest BCUT2D eigenvalue weighted by molar-refractivity contribution is 7.87. The minimum atomic E-state index is -3.97. The lowest BCUT2D eigenvalue weighted by molar-refractivity contribution is 0.0937. The maximum Gasteiger partial charge on any atom is 0.274 e. The van der Waals surface area contributed by atoms with Gasteiger partial charge in [0.05, 0.1) is 17.4 Å². The first kappa shape index (κ1) is 30.8. The average Bonchev–Trinajstić information content (AvgIpc) is 3.32. The number of rotatable bonds is 11. The molecule has 40 heavy (non-hydrogen) atoms. The fourth-order valence-electron chi connectivity index (χ4n) is 4.27. The molecule has 0 bridgehead atoms. The Bertz CT molecular complexity index is 1480. The van der Waals surface area contributed by atoms with Gasteiger partial charge in [0.25, 0.3) is 16.1 Å². The van der Waals surface area contributed by atoms with E-state index in [0.29, 0.717) is 12.2 Å². The number of imidazole rings is 1. The van der Waals surface area contributed by atoms with Crippen LogP contribution in [0.2, 0.25) is 0 Å². The first-order chi connectivity index (χ1) is 18.7. The number of hydrogen-bond acceptors (Lipinski definition) is 6. The number of hydrogen-bond donors (Lipinski definition) is 3. The molecule has 11 heteroatoms. The van der Waals surface area contributed by atoms with Gasteiger partial charge in [-0.3, -0.25) is 4.79 Å². The normalized spacial score (nSPS) is 12.7. The van der Waals surface area contributed by atoms with Crippen LogP contribution in [0.3, 0.4) is 0 Å². The SMILES string of the molecule is CCn1cc(-c2ccc(C[C@@H](CNS(N)(=O)=O)NC(=O)c3ccc(OC(C)C)c(C#N)c3)cc2)nc1C(C)(C)C. The summed E-state index contributed by atoms with van der Waals surface area (Å²) in [6.45, 7) is 12.9. The molecule has 3 aromatic rings. The van der Waals surface area contributed by atoms with E-state index in [1.165, 1.54) is 6.07 Å².